The smallest absolute Gasteiger partial charge is 0.267 e. The maximum atomic E-state index is 12.1. The molecule has 1 aromatic carbocycles. The molecule has 0 saturated carbocycles. The van der Waals surface area contributed by atoms with E-state index in [9.17, 15) is 4.79 Å². The summed E-state index contributed by atoms with van der Waals surface area (Å²) in [5, 5.41) is 14.7. The van der Waals surface area contributed by atoms with Crippen molar-refractivity contribution < 1.29 is 9.53 Å². The van der Waals surface area contributed by atoms with E-state index in [0.29, 0.717) is 18.0 Å². The lowest BCUT2D eigenvalue weighted by molar-refractivity contribution is -0.112. The standard InChI is InChI=1S/C17H16N4O2/c1-23-16-8-3-2-7-15(16)21-17(22)13(10-18)11-19-12-14-6-4-5-9-20-14/h2-9,11,19H,12H2,1H3,(H,21,22)/b13-11-. The van der Waals surface area contributed by atoms with E-state index in [1.807, 2.05) is 24.3 Å². The Hall–Kier alpha value is -3.33. The summed E-state index contributed by atoms with van der Waals surface area (Å²) >= 11 is 0. The van der Waals surface area contributed by atoms with Crippen LogP contribution < -0.4 is 15.4 Å². The lowest BCUT2D eigenvalue weighted by Gasteiger charge is -2.09. The van der Waals surface area contributed by atoms with Crippen LogP contribution in [0.25, 0.3) is 0 Å². The molecule has 1 heterocycles. The van der Waals surface area contributed by atoms with Gasteiger partial charge in [0.15, 0.2) is 0 Å². The van der Waals surface area contributed by atoms with Crippen LogP contribution in [-0.2, 0) is 11.3 Å². The summed E-state index contributed by atoms with van der Waals surface area (Å²) in [7, 11) is 1.51. The van der Waals surface area contributed by atoms with E-state index in [0.717, 1.165) is 5.69 Å². The van der Waals surface area contributed by atoms with Gasteiger partial charge in [0.2, 0.25) is 0 Å². The molecule has 6 nitrogen and oxygen atoms in total. The van der Waals surface area contributed by atoms with Crippen molar-refractivity contribution in [3.8, 4) is 11.8 Å². The van der Waals surface area contributed by atoms with E-state index >= 15 is 0 Å². The van der Waals surface area contributed by atoms with Crippen molar-refractivity contribution in [3.05, 3.63) is 66.1 Å². The number of rotatable bonds is 6. The number of anilines is 1. The topological polar surface area (TPSA) is 87.0 Å². The Labute approximate surface area is 134 Å². The van der Waals surface area contributed by atoms with Gasteiger partial charge in [-0.2, -0.15) is 5.26 Å². The monoisotopic (exact) mass is 308 g/mol. The number of hydrogen-bond donors (Lipinski definition) is 2. The third-order valence-corrected chi connectivity index (χ3v) is 2.98. The quantitative estimate of drug-likeness (QED) is 0.631. The molecule has 0 aliphatic heterocycles. The molecule has 0 radical (unpaired) electrons. The van der Waals surface area contributed by atoms with Crippen molar-refractivity contribution in [2.45, 2.75) is 6.54 Å². The molecular weight excluding hydrogens is 292 g/mol. The van der Waals surface area contributed by atoms with Gasteiger partial charge >= 0.3 is 0 Å². The molecule has 0 unspecified atom stereocenters. The second-order valence-electron chi connectivity index (χ2n) is 4.53. The Bertz CT molecular complexity index is 736. The van der Waals surface area contributed by atoms with Crippen molar-refractivity contribution in [1.82, 2.24) is 10.3 Å². The molecule has 0 atom stereocenters. The minimum atomic E-state index is -0.509. The lowest BCUT2D eigenvalue weighted by atomic mass is 10.2. The van der Waals surface area contributed by atoms with Crippen molar-refractivity contribution in [2.75, 3.05) is 12.4 Å². The number of carbonyl (C=O) groups excluding carboxylic acids is 1. The fraction of sp³-hybridized carbons (Fsp3) is 0.118. The molecule has 116 valence electrons. The highest BCUT2D eigenvalue weighted by Gasteiger charge is 2.11. The van der Waals surface area contributed by atoms with Crippen LogP contribution in [0, 0.1) is 11.3 Å². The van der Waals surface area contributed by atoms with Gasteiger partial charge in [0.05, 0.1) is 25.0 Å². The number of benzene rings is 1. The zero-order chi connectivity index (χ0) is 16.5. The lowest BCUT2D eigenvalue weighted by Crippen LogP contribution is -2.17. The van der Waals surface area contributed by atoms with E-state index in [4.69, 9.17) is 10.00 Å². The van der Waals surface area contributed by atoms with Crippen molar-refractivity contribution in [1.29, 1.82) is 5.26 Å². The largest absolute Gasteiger partial charge is 0.495 e. The third kappa shape index (κ3) is 4.58. The fourth-order valence-corrected chi connectivity index (χ4v) is 1.85. The van der Waals surface area contributed by atoms with E-state index < -0.39 is 5.91 Å². The van der Waals surface area contributed by atoms with Crippen LogP contribution in [0.2, 0.25) is 0 Å². The molecule has 0 aliphatic carbocycles. The summed E-state index contributed by atoms with van der Waals surface area (Å²) in [5.41, 5.74) is 1.28. The van der Waals surface area contributed by atoms with Gasteiger partial charge in [0.25, 0.3) is 5.91 Å². The SMILES string of the molecule is COc1ccccc1NC(=O)/C(C#N)=C\NCc1ccccn1. The predicted octanol–water partition coefficient (Wildman–Crippen LogP) is 2.23. The van der Waals surface area contributed by atoms with Crippen LogP contribution in [0.1, 0.15) is 5.69 Å². The zero-order valence-corrected chi connectivity index (χ0v) is 12.6. The first-order valence-electron chi connectivity index (χ1n) is 6.92. The third-order valence-electron chi connectivity index (χ3n) is 2.98. The molecule has 23 heavy (non-hydrogen) atoms. The number of carbonyl (C=O) groups is 1. The van der Waals surface area contributed by atoms with Crippen molar-refractivity contribution in [2.24, 2.45) is 0 Å². The second kappa shape index (κ2) is 8.20. The van der Waals surface area contributed by atoms with Crippen LogP contribution in [-0.4, -0.2) is 18.0 Å². The molecule has 1 amide bonds. The van der Waals surface area contributed by atoms with Gasteiger partial charge in [-0.3, -0.25) is 9.78 Å². The molecule has 2 rings (SSSR count). The number of amides is 1. The highest BCUT2D eigenvalue weighted by atomic mass is 16.5. The summed E-state index contributed by atoms with van der Waals surface area (Å²) in [6.45, 7) is 0.425. The molecule has 0 saturated heterocycles. The Balaban J connectivity index is 2.01. The highest BCUT2D eigenvalue weighted by molar-refractivity contribution is 6.07. The molecule has 2 aromatic rings. The maximum absolute atomic E-state index is 12.1. The first-order chi connectivity index (χ1) is 11.2. The average Bonchev–Trinajstić information content (AvgIpc) is 2.60. The zero-order valence-electron chi connectivity index (χ0n) is 12.6. The van der Waals surface area contributed by atoms with Gasteiger partial charge in [0, 0.05) is 12.4 Å². The minimum Gasteiger partial charge on any atom is -0.495 e. The second-order valence-corrected chi connectivity index (χ2v) is 4.53. The van der Waals surface area contributed by atoms with Gasteiger partial charge in [-0.15, -0.1) is 0 Å². The molecule has 0 aliphatic rings. The number of hydrogen-bond acceptors (Lipinski definition) is 5. The number of nitrogens with zero attached hydrogens (tertiary/aromatic N) is 2. The fourth-order valence-electron chi connectivity index (χ4n) is 1.85. The van der Waals surface area contributed by atoms with Crippen LogP contribution in [0.3, 0.4) is 0 Å². The van der Waals surface area contributed by atoms with E-state index in [-0.39, 0.29) is 5.57 Å². The summed E-state index contributed by atoms with van der Waals surface area (Å²) in [4.78, 5) is 16.3. The van der Waals surface area contributed by atoms with Crippen molar-refractivity contribution >= 4 is 11.6 Å². The highest BCUT2D eigenvalue weighted by Crippen LogP contribution is 2.23. The van der Waals surface area contributed by atoms with Crippen LogP contribution in [0.5, 0.6) is 5.75 Å². The molecule has 2 N–H and O–H groups in total. The summed E-state index contributed by atoms with van der Waals surface area (Å²) < 4.78 is 5.16. The number of aromatic nitrogens is 1. The number of pyridine rings is 1. The first-order valence-corrected chi connectivity index (χ1v) is 6.92. The van der Waals surface area contributed by atoms with Gasteiger partial charge in [-0.05, 0) is 24.3 Å². The number of para-hydroxylation sites is 2. The number of nitrogens with one attached hydrogen (secondary N) is 2. The predicted molar refractivity (Wildman–Crippen MR) is 86.4 cm³/mol. The van der Waals surface area contributed by atoms with Crippen molar-refractivity contribution in [3.63, 3.8) is 0 Å². The van der Waals surface area contributed by atoms with E-state index in [1.54, 1.807) is 30.5 Å². The normalized spacial score (nSPS) is 10.5. The Morgan fingerprint density at radius 3 is 2.78 bits per heavy atom. The van der Waals surface area contributed by atoms with Crippen LogP contribution in [0.15, 0.2) is 60.4 Å². The average molecular weight is 308 g/mol. The van der Waals surface area contributed by atoms with Crippen LogP contribution in [0.4, 0.5) is 5.69 Å². The molecular formula is C17H16N4O2. The number of ether oxygens (including phenoxy) is 1. The molecule has 0 bridgehead atoms. The number of methoxy groups -OCH3 is 1. The van der Waals surface area contributed by atoms with E-state index in [1.165, 1.54) is 13.3 Å². The number of nitriles is 1. The molecule has 1 aromatic heterocycles. The Morgan fingerprint density at radius 2 is 2.09 bits per heavy atom. The summed E-state index contributed by atoms with van der Waals surface area (Å²) in [5.74, 6) is 0.0186. The Morgan fingerprint density at radius 1 is 1.30 bits per heavy atom. The maximum Gasteiger partial charge on any atom is 0.267 e. The van der Waals surface area contributed by atoms with Gasteiger partial charge in [0.1, 0.15) is 17.4 Å². The first kappa shape index (κ1) is 16.0. The van der Waals surface area contributed by atoms with Gasteiger partial charge in [-0.25, -0.2) is 0 Å². The van der Waals surface area contributed by atoms with Crippen LogP contribution >= 0.6 is 0 Å². The van der Waals surface area contributed by atoms with E-state index in [2.05, 4.69) is 15.6 Å². The Kier molecular flexibility index (Phi) is 5.72. The molecule has 6 heteroatoms. The van der Waals surface area contributed by atoms with Gasteiger partial charge in [-0.1, -0.05) is 18.2 Å². The minimum absolute atomic E-state index is 0.0353. The summed E-state index contributed by atoms with van der Waals surface area (Å²) in [6.07, 6.45) is 3.06. The summed E-state index contributed by atoms with van der Waals surface area (Å²) in [6, 6.07) is 14.4. The molecule has 0 spiro atoms. The molecule has 0 fully saturated rings. The van der Waals surface area contributed by atoms with Gasteiger partial charge < -0.3 is 15.4 Å².